The van der Waals surface area contributed by atoms with Crippen molar-refractivity contribution < 1.29 is 14.7 Å². The van der Waals surface area contributed by atoms with Crippen LogP contribution in [0.1, 0.15) is 70.3 Å². The van der Waals surface area contributed by atoms with Crippen LogP contribution in [0.5, 0.6) is 0 Å². The van der Waals surface area contributed by atoms with Crippen LogP contribution in [0.2, 0.25) is 0 Å². The maximum absolute atomic E-state index is 12.1. The number of H-pyrrole nitrogens is 1. The number of aromatic nitrogens is 2. The number of nitrogens with zero attached hydrogens (tertiary/aromatic N) is 1. The van der Waals surface area contributed by atoms with Gasteiger partial charge in [-0.2, -0.15) is 0 Å². The number of hydrogen-bond donors (Lipinski definition) is 3. The maximum atomic E-state index is 12.1. The quantitative estimate of drug-likeness (QED) is 0.451. The van der Waals surface area contributed by atoms with Crippen LogP contribution < -0.4 is 16.6 Å². The van der Waals surface area contributed by atoms with E-state index < -0.39 is 29.2 Å². The molecule has 0 saturated heterocycles. The van der Waals surface area contributed by atoms with E-state index >= 15 is 0 Å². The summed E-state index contributed by atoms with van der Waals surface area (Å²) in [5.41, 5.74) is -0.901. The molecular formula is C19H31N3O5. The van der Waals surface area contributed by atoms with Gasteiger partial charge in [0, 0.05) is 11.8 Å². The Labute approximate surface area is 159 Å². The maximum Gasteiger partial charge on any atom is 0.328 e. The average Bonchev–Trinajstić information content (AvgIpc) is 2.60. The lowest BCUT2D eigenvalue weighted by Crippen LogP contribution is -2.44. The highest BCUT2D eigenvalue weighted by Crippen LogP contribution is 2.11. The molecule has 0 bridgehead atoms. The number of amides is 1. The first-order valence-electron chi connectivity index (χ1n) is 9.67. The van der Waals surface area contributed by atoms with E-state index in [9.17, 15) is 24.3 Å². The van der Waals surface area contributed by atoms with E-state index in [0.29, 0.717) is 12.0 Å². The number of hydrogen-bond acceptors (Lipinski definition) is 4. The Morgan fingerprint density at radius 1 is 1.11 bits per heavy atom. The number of aromatic amines is 1. The number of carboxylic acid groups (broad SMARTS) is 1. The summed E-state index contributed by atoms with van der Waals surface area (Å²) in [5.74, 6) is -1.66. The highest BCUT2D eigenvalue weighted by molar-refractivity contribution is 5.83. The molecule has 1 aromatic rings. The van der Waals surface area contributed by atoms with Crippen molar-refractivity contribution in [1.29, 1.82) is 0 Å². The predicted octanol–water partition coefficient (Wildman–Crippen LogP) is 1.95. The zero-order chi connectivity index (χ0) is 20.2. The summed E-state index contributed by atoms with van der Waals surface area (Å²) in [7, 11) is 0. The van der Waals surface area contributed by atoms with Crippen LogP contribution in [-0.4, -0.2) is 32.6 Å². The summed E-state index contributed by atoms with van der Waals surface area (Å²) < 4.78 is 1.06. The molecule has 0 saturated carbocycles. The fraction of sp³-hybridized carbons (Fsp3) is 0.684. The summed E-state index contributed by atoms with van der Waals surface area (Å²) in [4.78, 5) is 48.6. The van der Waals surface area contributed by atoms with Gasteiger partial charge in [-0.3, -0.25) is 19.1 Å². The Hall–Kier alpha value is -2.38. The van der Waals surface area contributed by atoms with Crippen molar-refractivity contribution in [3.8, 4) is 0 Å². The predicted molar refractivity (Wildman–Crippen MR) is 103 cm³/mol. The van der Waals surface area contributed by atoms with Gasteiger partial charge >= 0.3 is 11.7 Å². The smallest absolute Gasteiger partial charge is 0.328 e. The van der Waals surface area contributed by atoms with Crippen molar-refractivity contribution >= 4 is 11.9 Å². The number of carbonyl (C=O) groups is 2. The molecule has 27 heavy (non-hydrogen) atoms. The van der Waals surface area contributed by atoms with Gasteiger partial charge in [0.15, 0.2) is 0 Å². The number of carbonyl (C=O) groups excluding carboxylic acids is 1. The van der Waals surface area contributed by atoms with E-state index in [1.807, 2.05) is 0 Å². The highest BCUT2D eigenvalue weighted by atomic mass is 16.4. The minimum Gasteiger partial charge on any atom is -0.480 e. The molecule has 1 atom stereocenters. The first-order valence-corrected chi connectivity index (χ1v) is 9.67. The number of rotatable bonds is 13. The molecule has 8 nitrogen and oxygen atoms in total. The molecule has 1 aromatic heterocycles. The topological polar surface area (TPSA) is 121 Å². The van der Waals surface area contributed by atoms with E-state index in [1.165, 1.54) is 38.8 Å². The van der Waals surface area contributed by atoms with Crippen LogP contribution in [0.3, 0.4) is 0 Å². The molecule has 0 spiro atoms. The lowest BCUT2D eigenvalue weighted by atomic mass is 10.0. The van der Waals surface area contributed by atoms with Gasteiger partial charge in [0.1, 0.15) is 12.6 Å². The van der Waals surface area contributed by atoms with Crippen molar-refractivity contribution in [1.82, 2.24) is 14.9 Å². The van der Waals surface area contributed by atoms with Crippen molar-refractivity contribution in [3.63, 3.8) is 0 Å². The molecule has 8 heteroatoms. The Morgan fingerprint density at radius 3 is 2.30 bits per heavy atom. The molecule has 1 heterocycles. The van der Waals surface area contributed by atoms with Gasteiger partial charge in [0.05, 0.1) is 0 Å². The third-order valence-corrected chi connectivity index (χ3v) is 4.48. The molecule has 1 unspecified atom stereocenters. The van der Waals surface area contributed by atoms with E-state index in [4.69, 9.17) is 0 Å². The van der Waals surface area contributed by atoms with Gasteiger partial charge in [-0.15, -0.1) is 0 Å². The number of nitrogens with one attached hydrogen (secondary N) is 2. The van der Waals surface area contributed by atoms with Crippen LogP contribution in [0.4, 0.5) is 0 Å². The third-order valence-electron chi connectivity index (χ3n) is 4.48. The molecule has 0 aliphatic rings. The van der Waals surface area contributed by atoms with E-state index in [-0.39, 0.29) is 6.54 Å². The minimum absolute atomic E-state index is 0.302. The summed E-state index contributed by atoms with van der Waals surface area (Å²) in [5, 5.41) is 11.7. The van der Waals surface area contributed by atoms with Crippen LogP contribution in [0.25, 0.3) is 0 Å². The lowest BCUT2D eigenvalue weighted by Gasteiger charge is -2.15. The SMILES string of the molecule is CCCCCCCCCCC(NC(=O)Cn1cc(C)c(=O)[nH]c1=O)C(=O)O. The van der Waals surface area contributed by atoms with E-state index in [2.05, 4.69) is 17.2 Å². The molecule has 1 amide bonds. The third kappa shape index (κ3) is 8.70. The molecular weight excluding hydrogens is 350 g/mol. The van der Waals surface area contributed by atoms with Gasteiger partial charge in [-0.25, -0.2) is 9.59 Å². The number of aliphatic carboxylic acids is 1. The van der Waals surface area contributed by atoms with E-state index in [0.717, 1.165) is 30.3 Å². The Balaban J connectivity index is 2.42. The first kappa shape index (κ1) is 22.7. The second kappa shape index (κ2) is 12.1. The summed E-state index contributed by atoms with van der Waals surface area (Å²) in [6.07, 6.45) is 10.4. The molecule has 3 N–H and O–H groups in total. The van der Waals surface area contributed by atoms with Crippen LogP contribution in [-0.2, 0) is 16.1 Å². The molecule has 0 aliphatic carbocycles. The molecule has 0 radical (unpaired) electrons. The Bertz CT molecular complexity index is 723. The summed E-state index contributed by atoms with van der Waals surface area (Å²) in [6.45, 7) is 3.36. The van der Waals surface area contributed by atoms with Crippen LogP contribution >= 0.6 is 0 Å². The summed E-state index contributed by atoms with van der Waals surface area (Å²) >= 11 is 0. The minimum atomic E-state index is -1.09. The Kier molecular flexibility index (Phi) is 10.1. The van der Waals surface area contributed by atoms with Crippen molar-refractivity contribution in [2.75, 3.05) is 0 Å². The van der Waals surface area contributed by atoms with Crippen molar-refractivity contribution in [3.05, 3.63) is 32.6 Å². The lowest BCUT2D eigenvalue weighted by molar-refractivity contribution is -0.142. The largest absolute Gasteiger partial charge is 0.480 e. The molecule has 0 aliphatic heterocycles. The zero-order valence-corrected chi connectivity index (χ0v) is 16.3. The fourth-order valence-electron chi connectivity index (χ4n) is 2.87. The fourth-order valence-corrected chi connectivity index (χ4v) is 2.87. The highest BCUT2D eigenvalue weighted by Gasteiger charge is 2.19. The number of aryl methyl sites for hydroxylation is 1. The standard InChI is InChI=1S/C19H31N3O5/c1-3-4-5-6-7-8-9-10-11-15(18(25)26)20-16(23)13-22-12-14(2)17(24)21-19(22)27/h12,15H,3-11,13H2,1-2H3,(H,20,23)(H,25,26)(H,21,24,27). The molecule has 152 valence electrons. The van der Waals surface area contributed by atoms with Crippen molar-refractivity contribution in [2.24, 2.45) is 0 Å². The first-order chi connectivity index (χ1) is 12.8. The Morgan fingerprint density at radius 2 is 1.70 bits per heavy atom. The molecule has 0 fully saturated rings. The normalized spacial score (nSPS) is 11.9. The van der Waals surface area contributed by atoms with Crippen LogP contribution in [0.15, 0.2) is 15.8 Å². The number of carboxylic acids is 1. The van der Waals surface area contributed by atoms with Crippen molar-refractivity contribution in [2.45, 2.75) is 84.2 Å². The van der Waals surface area contributed by atoms with Gasteiger partial charge in [-0.1, -0.05) is 58.3 Å². The van der Waals surface area contributed by atoms with Gasteiger partial charge in [-0.05, 0) is 13.3 Å². The average molecular weight is 381 g/mol. The van der Waals surface area contributed by atoms with Gasteiger partial charge in [0.25, 0.3) is 5.56 Å². The van der Waals surface area contributed by atoms with Gasteiger partial charge in [0.2, 0.25) is 5.91 Å². The number of unbranched alkanes of at least 4 members (excludes halogenated alkanes) is 7. The van der Waals surface area contributed by atoms with Crippen LogP contribution in [0, 0.1) is 6.92 Å². The zero-order valence-electron chi connectivity index (χ0n) is 16.3. The van der Waals surface area contributed by atoms with Gasteiger partial charge < -0.3 is 10.4 Å². The second-order valence-corrected chi connectivity index (χ2v) is 6.92. The monoisotopic (exact) mass is 381 g/mol. The van der Waals surface area contributed by atoms with E-state index in [1.54, 1.807) is 0 Å². The molecule has 0 aromatic carbocycles. The second-order valence-electron chi connectivity index (χ2n) is 6.92. The summed E-state index contributed by atoms with van der Waals surface area (Å²) in [6, 6.07) is -0.975. The molecule has 1 rings (SSSR count).